The molecule has 3 fully saturated rings. The summed E-state index contributed by atoms with van der Waals surface area (Å²) in [5, 5.41) is 0. The van der Waals surface area contributed by atoms with Gasteiger partial charge in [-0.1, -0.05) is 0 Å². The van der Waals surface area contributed by atoms with Gasteiger partial charge in [0.15, 0.2) is 5.78 Å². The van der Waals surface area contributed by atoms with Crippen molar-refractivity contribution in [3.63, 3.8) is 0 Å². The lowest BCUT2D eigenvalue weighted by molar-refractivity contribution is 0.0388. The van der Waals surface area contributed by atoms with Crippen LogP contribution in [0.25, 0.3) is 0 Å². The molecule has 0 radical (unpaired) electrons. The first kappa shape index (κ1) is 14.9. The molecule has 5 nitrogen and oxygen atoms in total. The number of hydrogen-bond donors (Lipinski definition) is 1. The topological polar surface area (TPSA) is 68.4 Å². The van der Waals surface area contributed by atoms with Gasteiger partial charge in [-0.05, 0) is 36.3 Å². The zero-order valence-electron chi connectivity index (χ0n) is 11.7. The van der Waals surface area contributed by atoms with E-state index < -0.39 is 16.2 Å². The van der Waals surface area contributed by atoms with Crippen LogP contribution in [-0.2, 0) is 9.26 Å². The number of carbonyl (C=O) groups excluding carboxylic acids is 2. The highest BCUT2D eigenvalue weighted by molar-refractivity contribution is 8.34. The zero-order valence-corrected chi connectivity index (χ0v) is 13.7. The summed E-state index contributed by atoms with van der Waals surface area (Å²) in [4.78, 5) is 26.7. The van der Waals surface area contributed by atoms with Crippen molar-refractivity contribution in [2.24, 2.45) is 5.92 Å². The molecule has 3 aliphatic rings. The van der Waals surface area contributed by atoms with E-state index in [4.69, 9.17) is 4.74 Å². The van der Waals surface area contributed by atoms with Crippen molar-refractivity contribution in [1.82, 2.24) is 4.98 Å². The molecule has 116 valence electrons. The first-order chi connectivity index (χ1) is 10.1. The maximum atomic E-state index is 12.4. The highest BCUT2D eigenvalue weighted by Crippen LogP contribution is 2.60. The van der Waals surface area contributed by atoms with E-state index in [0.29, 0.717) is 11.7 Å². The number of hydrogen-bond acceptors (Lipinski definition) is 4. The molecule has 3 aliphatic heterocycles. The van der Waals surface area contributed by atoms with E-state index in [2.05, 4.69) is 9.51 Å². The average Bonchev–Trinajstić information content (AvgIpc) is 3.02. The van der Waals surface area contributed by atoms with Gasteiger partial charge < -0.3 is 14.2 Å². The van der Waals surface area contributed by atoms with Crippen LogP contribution < -0.4 is 0 Å². The van der Waals surface area contributed by atoms with Crippen molar-refractivity contribution in [3.05, 3.63) is 24.0 Å². The Morgan fingerprint density at radius 1 is 1.38 bits per heavy atom. The zero-order chi connectivity index (χ0) is 14.9. The van der Waals surface area contributed by atoms with Crippen molar-refractivity contribution in [2.45, 2.75) is 18.9 Å². The number of Topliss-reactive ketones (excluding diaryl/α,β-unsaturated/α-hetero) is 1. The largest absolute Gasteiger partial charge is 0.510 e. The molecular weight excluding hydrogens is 309 g/mol. The second kappa shape index (κ2) is 6.01. The normalized spacial score (nSPS) is 34.0. The Morgan fingerprint density at radius 3 is 2.76 bits per heavy atom. The lowest BCUT2D eigenvalue weighted by Gasteiger charge is -2.53. The summed E-state index contributed by atoms with van der Waals surface area (Å²) in [6.45, 7) is 0. The standard InChI is InChI=1S/C14H20NO4PS/c16-12(11-1-4-15-7-11)8-21-5-2-10(3-6-21)13(9-21)18-14(17)19-20/h1,4,7,10,13,15H,2-3,5-6,8-9,20H2. The van der Waals surface area contributed by atoms with Gasteiger partial charge in [-0.25, -0.2) is 14.8 Å². The molecule has 2 unspecified atom stereocenters. The van der Waals surface area contributed by atoms with E-state index in [-0.39, 0.29) is 11.9 Å². The fraction of sp³-hybridized carbons (Fsp3) is 0.571. The van der Waals surface area contributed by atoms with E-state index >= 15 is 0 Å². The van der Waals surface area contributed by atoms with Crippen LogP contribution in [-0.4, -0.2) is 46.0 Å². The predicted octanol–water partition coefficient (Wildman–Crippen LogP) is 2.74. The predicted molar refractivity (Wildman–Crippen MR) is 86.0 cm³/mol. The molecular formula is C14H20NO4PS. The molecule has 21 heavy (non-hydrogen) atoms. The summed E-state index contributed by atoms with van der Waals surface area (Å²) in [5.74, 6) is 4.37. The van der Waals surface area contributed by atoms with Gasteiger partial charge in [0, 0.05) is 29.5 Å². The van der Waals surface area contributed by atoms with Gasteiger partial charge in [-0.3, -0.25) is 4.79 Å². The number of ether oxygens (including phenoxy) is 1. The van der Waals surface area contributed by atoms with Gasteiger partial charge in [-0.15, -0.1) is 0 Å². The second-order valence-electron chi connectivity index (χ2n) is 5.83. The lowest BCUT2D eigenvalue weighted by Crippen LogP contribution is -2.46. The van der Waals surface area contributed by atoms with Crippen molar-refractivity contribution in [3.8, 4) is 0 Å². The Labute approximate surface area is 127 Å². The molecule has 1 aromatic heterocycles. The molecule has 0 amide bonds. The highest BCUT2D eigenvalue weighted by atomic mass is 32.3. The van der Waals surface area contributed by atoms with E-state index in [9.17, 15) is 9.59 Å². The van der Waals surface area contributed by atoms with Crippen molar-refractivity contribution in [2.75, 3.05) is 23.0 Å². The molecule has 0 spiro atoms. The minimum Gasteiger partial charge on any atom is -0.430 e. The third kappa shape index (κ3) is 3.11. The average molecular weight is 329 g/mol. The maximum absolute atomic E-state index is 12.4. The number of carbonyl (C=O) groups is 2. The Bertz CT molecular complexity index is 525. The van der Waals surface area contributed by atoms with Crippen LogP contribution >= 0.6 is 19.5 Å². The molecule has 2 atom stereocenters. The molecule has 0 saturated carbocycles. The number of aromatic nitrogens is 1. The number of fused-ring (bicyclic) bond motifs is 3. The van der Waals surface area contributed by atoms with Crippen molar-refractivity contribution >= 4 is 31.4 Å². The third-order valence-corrected chi connectivity index (χ3v) is 8.89. The van der Waals surface area contributed by atoms with Crippen LogP contribution in [0, 0.1) is 5.92 Å². The van der Waals surface area contributed by atoms with E-state index in [1.807, 2.05) is 15.5 Å². The summed E-state index contributed by atoms with van der Waals surface area (Å²) in [6, 6.07) is 1.83. The van der Waals surface area contributed by atoms with Crippen LogP contribution in [0.3, 0.4) is 0 Å². The summed E-state index contributed by atoms with van der Waals surface area (Å²) >= 11 is 0. The molecule has 4 heterocycles. The van der Waals surface area contributed by atoms with Gasteiger partial charge in [0.05, 0.1) is 9.47 Å². The van der Waals surface area contributed by atoms with Crippen LogP contribution in [0.5, 0.6) is 0 Å². The van der Waals surface area contributed by atoms with Gasteiger partial charge in [0.25, 0.3) is 0 Å². The number of H-pyrrole nitrogens is 1. The van der Waals surface area contributed by atoms with E-state index in [0.717, 1.165) is 35.7 Å². The van der Waals surface area contributed by atoms with E-state index in [1.54, 1.807) is 12.4 Å². The maximum Gasteiger partial charge on any atom is 0.510 e. The molecule has 7 heteroatoms. The SMILES string of the molecule is O=C(OP)OC1CS2(CC(=O)c3cc[nH]c3)CCC1CC2. The smallest absolute Gasteiger partial charge is 0.430 e. The van der Waals surface area contributed by atoms with Crippen LogP contribution in [0.15, 0.2) is 18.5 Å². The summed E-state index contributed by atoms with van der Waals surface area (Å²) in [5.41, 5.74) is 0.756. The van der Waals surface area contributed by atoms with E-state index in [1.165, 1.54) is 0 Å². The number of nitrogens with one attached hydrogen (secondary N) is 1. The lowest BCUT2D eigenvalue weighted by atomic mass is 9.96. The molecule has 0 aromatic carbocycles. The molecule has 3 saturated heterocycles. The summed E-state index contributed by atoms with van der Waals surface area (Å²) in [7, 11) is 0.918. The number of ketones is 1. The Balaban J connectivity index is 1.69. The molecule has 2 bridgehead atoms. The third-order valence-electron chi connectivity index (χ3n) is 4.59. The quantitative estimate of drug-likeness (QED) is 0.524. The summed E-state index contributed by atoms with van der Waals surface area (Å²) < 4.78 is 9.92. The van der Waals surface area contributed by atoms with Gasteiger partial charge >= 0.3 is 6.16 Å². The van der Waals surface area contributed by atoms with Crippen LogP contribution in [0.1, 0.15) is 23.2 Å². The van der Waals surface area contributed by atoms with Gasteiger partial charge in [-0.2, -0.15) is 0 Å². The second-order valence-corrected chi connectivity index (χ2v) is 9.95. The highest BCUT2D eigenvalue weighted by Gasteiger charge is 2.45. The first-order valence-electron chi connectivity index (χ1n) is 7.09. The molecule has 4 rings (SSSR count). The Hall–Kier alpha value is -1.00. The summed E-state index contributed by atoms with van der Waals surface area (Å²) in [6.07, 6.45) is 4.94. The first-order valence-corrected chi connectivity index (χ1v) is 9.87. The molecule has 1 aromatic rings. The van der Waals surface area contributed by atoms with Crippen LogP contribution in [0.4, 0.5) is 4.79 Å². The minimum absolute atomic E-state index is 0.0745. The van der Waals surface area contributed by atoms with Crippen molar-refractivity contribution < 1.29 is 18.8 Å². The molecule has 1 N–H and O–H groups in total. The Morgan fingerprint density at radius 2 is 2.14 bits per heavy atom. The van der Waals surface area contributed by atoms with Gasteiger partial charge in [0.1, 0.15) is 6.10 Å². The van der Waals surface area contributed by atoms with Crippen molar-refractivity contribution in [1.29, 1.82) is 0 Å². The fourth-order valence-electron chi connectivity index (χ4n) is 3.42. The van der Waals surface area contributed by atoms with Crippen LogP contribution in [0.2, 0.25) is 0 Å². The fourth-order valence-corrected chi connectivity index (χ4v) is 7.78. The number of rotatable bonds is 4. The minimum atomic E-state index is -1.00. The number of aromatic amines is 1. The monoisotopic (exact) mass is 329 g/mol. The molecule has 0 aliphatic carbocycles. The van der Waals surface area contributed by atoms with Gasteiger partial charge in [0.2, 0.25) is 0 Å². The Kier molecular flexibility index (Phi) is 4.27.